The predicted octanol–water partition coefficient (Wildman–Crippen LogP) is 12.0. The van der Waals surface area contributed by atoms with Crippen LogP contribution in [0.3, 0.4) is 0 Å². The van der Waals surface area contributed by atoms with E-state index in [0.717, 1.165) is 38.5 Å². The van der Waals surface area contributed by atoms with Gasteiger partial charge >= 0.3 is 19.8 Å². The highest BCUT2D eigenvalue weighted by Gasteiger charge is 2.27. The number of esters is 2. The molecule has 0 fully saturated rings. The molecule has 0 aliphatic carbocycles. The van der Waals surface area contributed by atoms with Crippen LogP contribution in [0.1, 0.15) is 142 Å². The van der Waals surface area contributed by atoms with Gasteiger partial charge < -0.3 is 18.9 Å². The summed E-state index contributed by atoms with van der Waals surface area (Å²) in [6.45, 7) is 4.13. The maximum atomic E-state index is 12.6. The molecule has 0 aromatic heterocycles. The highest BCUT2D eigenvalue weighted by atomic mass is 31.2. The Morgan fingerprint density at radius 2 is 1.04 bits per heavy atom. The topological polar surface area (TPSA) is 108 Å². The Kier molecular flexibility index (Phi) is 35.9. The van der Waals surface area contributed by atoms with Crippen molar-refractivity contribution < 1.29 is 42.1 Å². The molecule has 56 heavy (non-hydrogen) atoms. The third-order valence-electron chi connectivity index (χ3n) is 8.57. The highest BCUT2D eigenvalue weighted by molar-refractivity contribution is 7.47. The van der Waals surface area contributed by atoms with Gasteiger partial charge in [0.15, 0.2) is 6.10 Å². The number of hydrogen-bond donors (Lipinski definition) is 1. The first kappa shape index (κ1) is 53.2. The van der Waals surface area contributed by atoms with Gasteiger partial charge in [-0.3, -0.25) is 18.6 Å². The Labute approximate surface area is 341 Å². The van der Waals surface area contributed by atoms with Crippen LogP contribution >= 0.6 is 7.82 Å². The molecule has 0 bridgehead atoms. The van der Waals surface area contributed by atoms with Crippen molar-refractivity contribution in [3.05, 3.63) is 85.1 Å². The largest absolute Gasteiger partial charge is 0.472 e. The summed E-state index contributed by atoms with van der Waals surface area (Å²) in [7, 11) is 1.41. The van der Waals surface area contributed by atoms with E-state index in [-0.39, 0.29) is 26.1 Å². The van der Waals surface area contributed by atoms with Crippen molar-refractivity contribution in [3.8, 4) is 0 Å². The quantitative estimate of drug-likeness (QED) is 0.0217. The van der Waals surface area contributed by atoms with E-state index in [1.807, 2.05) is 75.8 Å². The van der Waals surface area contributed by atoms with Gasteiger partial charge in [-0.25, -0.2) is 4.57 Å². The van der Waals surface area contributed by atoms with Gasteiger partial charge in [-0.2, -0.15) is 0 Å². The Hall–Kier alpha value is -2.81. The van der Waals surface area contributed by atoms with Gasteiger partial charge in [-0.05, 0) is 51.4 Å². The van der Waals surface area contributed by atoms with E-state index in [1.165, 1.54) is 64.2 Å². The summed E-state index contributed by atoms with van der Waals surface area (Å²) in [5.74, 6) is -0.898. The summed E-state index contributed by atoms with van der Waals surface area (Å²) < 4.78 is 34.2. The van der Waals surface area contributed by atoms with Crippen LogP contribution in [0.25, 0.3) is 0 Å². The van der Waals surface area contributed by atoms with E-state index >= 15 is 0 Å². The average molecular weight is 805 g/mol. The standard InChI is InChI=1S/C46H78NO8P/c1-6-8-10-12-14-16-18-20-21-22-23-24-25-27-28-30-32-34-36-38-45(48)52-42-44(43-54-56(50,51)53-41-40-47(3,4)5)55-46(49)39-37-35-33-31-29-26-19-17-15-13-11-9-7-2/h9,11,13-20,26,29,31,33,44H,6-8,10,12,21-25,27-28,30,32,34-43H2,1-5H3/p+1/b11-9+,15-13+,16-14+,19-17+,20-18+,29-26+,33-31+. The van der Waals surface area contributed by atoms with Crippen LogP contribution in [-0.4, -0.2) is 74.9 Å². The van der Waals surface area contributed by atoms with Gasteiger partial charge in [-0.15, -0.1) is 0 Å². The number of carbonyl (C=O) groups excluding carboxylic acids is 2. The van der Waals surface area contributed by atoms with Gasteiger partial charge in [0.2, 0.25) is 0 Å². The third kappa shape index (κ3) is 40.8. The lowest BCUT2D eigenvalue weighted by Gasteiger charge is -2.24. The van der Waals surface area contributed by atoms with Gasteiger partial charge in [-0.1, -0.05) is 163 Å². The fourth-order valence-corrected chi connectivity index (χ4v) is 5.95. The second-order valence-electron chi connectivity index (χ2n) is 15.1. The summed E-state index contributed by atoms with van der Waals surface area (Å²) in [4.78, 5) is 35.3. The molecule has 320 valence electrons. The smallest absolute Gasteiger partial charge is 0.462 e. The summed E-state index contributed by atoms with van der Waals surface area (Å²) >= 11 is 0. The van der Waals surface area contributed by atoms with Crippen molar-refractivity contribution in [1.29, 1.82) is 0 Å². The van der Waals surface area contributed by atoms with Gasteiger partial charge in [0.25, 0.3) is 0 Å². The average Bonchev–Trinajstić information content (AvgIpc) is 3.15. The number of ether oxygens (including phenoxy) is 2. The number of quaternary nitrogens is 1. The molecule has 1 N–H and O–H groups in total. The molecule has 0 saturated carbocycles. The molecular formula is C46H79NO8P+. The lowest BCUT2D eigenvalue weighted by Crippen LogP contribution is -2.37. The van der Waals surface area contributed by atoms with Crippen LogP contribution in [0.2, 0.25) is 0 Å². The molecule has 10 heteroatoms. The van der Waals surface area contributed by atoms with E-state index in [0.29, 0.717) is 23.9 Å². The summed E-state index contributed by atoms with van der Waals surface area (Å²) in [6.07, 6.45) is 47.9. The lowest BCUT2D eigenvalue weighted by atomic mass is 10.1. The van der Waals surface area contributed by atoms with Crippen LogP contribution < -0.4 is 0 Å². The summed E-state index contributed by atoms with van der Waals surface area (Å²) in [5.41, 5.74) is 0. The molecule has 0 saturated heterocycles. The van der Waals surface area contributed by atoms with Crippen molar-refractivity contribution in [2.24, 2.45) is 0 Å². The number of nitrogens with zero attached hydrogens (tertiary/aromatic N) is 1. The minimum Gasteiger partial charge on any atom is -0.462 e. The van der Waals surface area contributed by atoms with Crippen LogP contribution in [-0.2, 0) is 32.7 Å². The highest BCUT2D eigenvalue weighted by Crippen LogP contribution is 2.43. The molecular weight excluding hydrogens is 725 g/mol. The fourth-order valence-electron chi connectivity index (χ4n) is 5.21. The summed E-state index contributed by atoms with van der Waals surface area (Å²) in [5, 5.41) is 0. The Morgan fingerprint density at radius 1 is 0.571 bits per heavy atom. The molecule has 0 heterocycles. The number of likely N-dealkylation sites (N-methyl/N-ethyl adjacent to an activating group) is 1. The molecule has 0 aromatic carbocycles. The van der Waals surface area contributed by atoms with Crippen molar-refractivity contribution >= 4 is 19.8 Å². The first-order valence-electron chi connectivity index (χ1n) is 21.4. The van der Waals surface area contributed by atoms with Crippen molar-refractivity contribution in [2.45, 2.75) is 148 Å². The zero-order valence-electron chi connectivity index (χ0n) is 35.8. The first-order chi connectivity index (χ1) is 27.0. The molecule has 0 aliphatic heterocycles. The van der Waals surface area contributed by atoms with E-state index in [2.05, 4.69) is 44.2 Å². The minimum absolute atomic E-state index is 0.0131. The molecule has 2 unspecified atom stereocenters. The molecule has 0 aromatic rings. The number of phosphoric ester groups is 1. The van der Waals surface area contributed by atoms with Gasteiger partial charge in [0, 0.05) is 12.8 Å². The van der Waals surface area contributed by atoms with Crippen LogP contribution in [0.5, 0.6) is 0 Å². The molecule has 2 atom stereocenters. The lowest BCUT2D eigenvalue weighted by molar-refractivity contribution is -0.870. The molecule has 0 radical (unpaired) electrons. The van der Waals surface area contributed by atoms with Crippen LogP contribution in [0.15, 0.2) is 85.1 Å². The maximum Gasteiger partial charge on any atom is 0.472 e. The fraction of sp³-hybridized carbons (Fsp3) is 0.652. The minimum atomic E-state index is -4.40. The number of phosphoric acid groups is 1. The molecule has 0 spiro atoms. The first-order valence-corrected chi connectivity index (χ1v) is 22.9. The van der Waals surface area contributed by atoms with E-state index in [1.54, 1.807) is 0 Å². The third-order valence-corrected chi connectivity index (χ3v) is 9.55. The van der Waals surface area contributed by atoms with Crippen molar-refractivity contribution in [3.63, 3.8) is 0 Å². The van der Waals surface area contributed by atoms with Crippen LogP contribution in [0, 0.1) is 0 Å². The molecule has 0 rings (SSSR count). The van der Waals surface area contributed by atoms with Gasteiger partial charge in [0.1, 0.15) is 19.8 Å². The van der Waals surface area contributed by atoms with Crippen LogP contribution in [0.4, 0.5) is 0 Å². The monoisotopic (exact) mass is 805 g/mol. The molecule has 0 aliphatic rings. The molecule has 0 amide bonds. The number of unbranched alkanes of at least 4 members (excludes halogenated alkanes) is 14. The second kappa shape index (κ2) is 37.7. The zero-order chi connectivity index (χ0) is 41.4. The van der Waals surface area contributed by atoms with Gasteiger partial charge in [0.05, 0.1) is 27.7 Å². The predicted molar refractivity (Wildman–Crippen MR) is 233 cm³/mol. The Balaban J connectivity index is 4.44. The van der Waals surface area contributed by atoms with Crippen molar-refractivity contribution in [1.82, 2.24) is 0 Å². The number of hydrogen-bond acceptors (Lipinski definition) is 7. The normalized spacial score (nSPS) is 14.5. The van der Waals surface area contributed by atoms with E-state index in [9.17, 15) is 19.0 Å². The Morgan fingerprint density at radius 3 is 1.59 bits per heavy atom. The Bertz CT molecular complexity index is 1230. The zero-order valence-corrected chi connectivity index (χ0v) is 36.7. The SMILES string of the molecule is CC/C=C/C=C/C=C/C=C/C=C/CCCC(=O)OC(COC(=O)CCCCCCCCCCCC/C=C/C=C/CCCCC)COP(=O)(O)OCC[N+](C)(C)C. The van der Waals surface area contributed by atoms with E-state index < -0.39 is 32.5 Å². The van der Waals surface area contributed by atoms with Crippen molar-refractivity contribution in [2.75, 3.05) is 47.5 Å². The summed E-state index contributed by atoms with van der Waals surface area (Å²) in [6, 6.07) is 0. The maximum absolute atomic E-state index is 12.6. The number of allylic oxidation sites excluding steroid dienone is 14. The molecule has 9 nitrogen and oxygen atoms in total. The second-order valence-corrected chi connectivity index (χ2v) is 16.6. The number of carbonyl (C=O) groups is 2. The van der Waals surface area contributed by atoms with E-state index in [4.69, 9.17) is 18.5 Å². The number of rotatable bonds is 37.